The molecule has 4 saturated carbocycles. The molecule has 4 aliphatic rings. The highest BCUT2D eigenvalue weighted by molar-refractivity contribution is 6.13. The second kappa shape index (κ2) is 19.0. The van der Waals surface area contributed by atoms with Crippen LogP contribution in [0.15, 0.2) is 188 Å². The van der Waals surface area contributed by atoms with Gasteiger partial charge in [0.05, 0.1) is 33.4 Å². The molecule has 0 radical (unpaired) electrons. The number of aromatic nitrogens is 5. The average Bonchev–Trinajstić information content (AvgIpc) is 4.21. The van der Waals surface area contributed by atoms with E-state index in [0.29, 0.717) is 23.7 Å². The molecular weight excluding hydrogens is 959 g/mol. The predicted molar refractivity (Wildman–Crippen MR) is 328 cm³/mol. The molecule has 8 aromatic carbocycles. The van der Waals surface area contributed by atoms with Crippen LogP contribution in [0.3, 0.4) is 0 Å². The first-order chi connectivity index (χ1) is 38.7. The monoisotopic (exact) mass is 1030 g/mol. The normalized spacial score (nSPS) is 24.9. The zero-order chi connectivity index (χ0) is 53.0. The van der Waals surface area contributed by atoms with E-state index in [1.54, 1.807) is 0 Å². The molecule has 4 unspecified atom stereocenters. The number of hydrogen-bond acceptors (Lipinski definition) is 3. The summed E-state index contributed by atoms with van der Waals surface area (Å²) in [4.78, 5) is 17.9. The van der Waals surface area contributed by atoms with Crippen LogP contribution in [0.4, 0.5) is 0 Å². The molecule has 4 fully saturated rings. The van der Waals surface area contributed by atoms with Crippen LogP contribution in [-0.2, 0) is 10.8 Å². The molecule has 4 bridgehead atoms. The van der Waals surface area contributed by atoms with Gasteiger partial charge in [0.25, 0.3) is 0 Å². The molecule has 11 aromatic rings. The van der Waals surface area contributed by atoms with Gasteiger partial charge in [-0.1, -0.05) is 161 Å². The van der Waals surface area contributed by atoms with E-state index in [1.807, 2.05) is 0 Å². The van der Waals surface area contributed by atoms with Gasteiger partial charge in [0.15, 0.2) is 5.82 Å². The molecule has 0 N–H and O–H groups in total. The van der Waals surface area contributed by atoms with Crippen molar-refractivity contribution in [2.24, 2.45) is 35.5 Å². The minimum atomic E-state index is -0.149. The van der Waals surface area contributed by atoms with Gasteiger partial charge in [-0.3, -0.25) is 0 Å². The van der Waals surface area contributed by atoms with Gasteiger partial charge in [0.2, 0.25) is 0 Å². The van der Waals surface area contributed by atoms with Crippen LogP contribution in [0.5, 0.6) is 0 Å². The summed E-state index contributed by atoms with van der Waals surface area (Å²) in [5.41, 5.74) is 14.9. The van der Waals surface area contributed by atoms with E-state index in [4.69, 9.17) is 15.0 Å². The Labute approximate surface area is 465 Å². The second-order valence-corrected chi connectivity index (χ2v) is 25.6. The summed E-state index contributed by atoms with van der Waals surface area (Å²) >= 11 is 0. The standard InChI is InChI=1S/C74H71N5/c1-5-74(45-51-36-48(3)37-52(39-51)46-74)72-76-70(75-71(77-72)73(4)43-49-34-47(2)35-50(38-49)44-73)63-42-57(58-22-12-15-25-64(58)78-65-26-16-13-23-59(65)60-24-14-17-27-66(60)78)30-33-69(63)79-67-31-28-55(53-18-8-6-9-19-53)40-61(67)62-41-56(29-32-68(62)79)54-20-10-7-11-21-54/h6-33,40-42,47-52H,5,34-39,43-46H2,1-4H3. The molecule has 5 heteroatoms. The third-order valence-electron chi connectivity index (χ3n) is 19.9. The predicted octanol–water partition coefficient (Wildman–Crippen LogP) is 19.3. The highest BCUT2D eigenvalue weighted by atomic mass is 15.1. The van der Waals surface area contributed by atoms with Crippen LogP contribution in [0.25, 0.3) is 99.8 Å². The first kappa shape index (κ1) is 48.5. The smallest absolute Gasteiger partial charge is 0.165 e. The fourth-order valence-electron chi connectivity index (χ4n) is 16.9. The molecule has 15 rings (SSSR count). The van der Waals surface area contributed by atoms with Gasteiger partial charge in [-0.2, -0.15) is 0 Å². The van der Waals surface area contributed by atoms with E-state index >= 15 is 0 Å². The van der Waals surface area contributed by atoms with Crippen LogP contribution >= 0.6 is 0 Å². The average molecular weight is 1030 g/mol. The fraction of sp³-hybridized carbons (Fsp3) is 0.311. The Morgan fingerprint density at radius 3 is 1.41 bits per heavy atom. The third kappa shape index (κ3) is 8.28. The summed E-state index contributed by atoms with van der Waals surface area (Å²) in [5.74, 6) is 7.24. The van der Waals surface area contributed by atoms with E-state index in [2.05, 4.69) is 225 Å². The number of rotatable bonds is 9. The Morgan fingerprint density at radius 2 is 0.848 bits per heavy atom. The summed E-state index contributed by atoms with van der Waals surface area (Å²) in [6, 6.07) is 69.8. The summed E-state index contributed by atoms with van der Waals surface area (Å²) < 4.78 is 5.01. The molecule has 3 aromatic heterocycles. The minimum Gasteiger partial charge on any atom is -0.309 e. The highest BCUT2D eigenvalue weighted by Crippen LogP contribution is 2.55. The molecule has 4 atom stereocenters. The largest absolute Gasteiger partial charge is 0.309 e. The highest BCUT2D eigenvalue weighted by Gasteiger charge is 2.48. The molecule has 3 heterocycles. The molecular formula is C74H71N5. The Kier molecular flexibility index (Phi) is 11.7. The van der Waals surface area contributed by atoms with Gasteiger partial charge in [-0.15, -0.1) is 0 Å². The lowest BCUT2D eigenvalue weighted by atomic mass is 9.57. The molecule has 79 heavy (non-hydrogen) atoms. The quantitative estimate of drug-likeness (QED) is 0.145. The van der Waals surface area contributed by atoms with Crippen molar-refractivity contribution in [1.82, 2.24) is 24.1 Å². The van der Waals surface area contributed by atoms with Crippen molar-refractivity contribution in [2.45, 2.75) is 109 Å². The number of para-hydroxylation sites is 3. The molecule has 392 valence electrons. The first-order valence-electron chi connectivity index (χ1n) is 29.9. The van der Waals surface area contributed by atoms with Gasteiger partial charge in [0.1, 0.15) is 11.6 Å². The Balaban J connectivity index is 1.01. The maximum absolute atomic E-state index is 6.01. The van der Waals surface area contributed by atoms with E-state index < -0.39 is 0 Å². The summed E-state index contributed by atoms with van der Waals surface area (Å²) in [6.07, 6.45) is 13.6. The van der Waals surface area contributed by atoms with Crippen LogP contribution in [0.1, 0.15) is 110 Å². The number of hydrogen-bond donors (Lipinski definition) is 0. The van der Waals surface area contributed by atoms with Crippen molar-refractivity contribution in [3.8, 4) is 56.1 Å². The van der Waals surface area contributed by atoms with Crippen molar-refractivity contribution in [2.75, 3.05) is 0 Å². The Morgan fingerprint density at radius 1 is 0.392 bits per heavy atom. The lowest BCUT2D eigenvalue weighted by molar-refractivity contribution is 0.0716. The zero-order valence-corrected chi connectivity index (χ0v) is 46.4. The van der Waals surface area contributed by atoms with Crippen molar-refractivity contribution in [3.05, 3.63) is 200 Å². The lowest BCUT2D eigenvalue weighted by Gasteiger charge is -2.49. The zero-order valence-electron chi connectivity index (χ0n) is 46.4. The molecule has 5 nitrogen and oxygen atoms in total. The second-order valence-electron chi connectivity index (χ2n) is 25.6. The number of fused-ring (bicyclic) bond motifs is 10. The first-order valence-corrected chi connectivity index (χ1v) is 29.9. The van der Waals surface area contributed by atoms with Crippen LogP contribution in [0, 0.1) is 35.5 Å². The van der Waals surface area contributed by atoms with Gasteiger partial charge in [0, 0.05) is 43.5 Å². The maximum atomic E-state index is 6.01. The van der Waals surface area contributed by atoms with Crippen molar-refractivity contribution in [3.63, 3.8) is 0 Å². The lowest BCUT2D eigenvalue weighted by Crippen LogP contribution is -2.43. The van der Waals surface area contributed by atoms with E-state index in [1.165, 1.54) is 98.9 Å². The van der Waals surface area contributed by atoms with E-state index in [9.17, 15) is 0 Å². The minimum absolute atomic E-state index is 0.106. The van der Waals surface area contributed by atoms with Crippen molar-refractivity contribution in [1.29, 1.82) is 0 Å². The van der Waals surface area contributed by atoms with Crippen LogP contribution in [0.2, 0.25) is 0 Å². The molecule has 0 amide bonds. The number of benzene rings is 8. The van der Waals surface area contributed by atoms with Gasteiger partial charge in [-0.05, 0) is 189 Å². The molecule has 0 aliphatic heterocycles. The van der Waals surface area contributed by atoms with Gasteiger partial charge in [-0.25, -0.2) is 15.0 Å². The van der Waals surface area contributed by atoms with Gasteiger partial charge >= 0.3 is 0 Å². The van der Waals surface area contributed by atoms with Crippen LogP contribution in [-0.4, -0.2) is 24.1 Å². The Bertz CT molecular complexity index is 3940. The molecule has 0 saturated heterocycles. The van der Waals surface area contributed by atoms with E-state index in [-0.39, 0.29) is 10.8 Å². The third-order valence-corrected chi connectivity index (χ3v) is 19.9. The Hall–Kier alpha value is -7.63. The molecule has 0 spiro atoms. The van der Waals surface area contributed by atoms with Crippen LogP contribution < -0.4 is 0 Å². The molecule has 4 aliphatic carbocycles. The van der Waals surface area contributed by atoms with E-state index in [0.717, 1.165) is 94.9 Å². The van der Waals surface area contributed by atoms with Gasteiger partial charge < -0.3 is 9.13 Å². The van der Waals surface area contributed by atoms with Crippen molar-refractivity contribution >= 4 is 43.6 Å². The fourth-order valence-corrected chi connectivity index (χ4v) is 16.9. The summed E-state index contributed by atoms with van der Waals surface area (Å²) in [6.45, 7) is 9.94. The SMILES string of the molecule is CCC1(c2nc(-c3cc(-c4ccccc4-n4c5ccccc5c5ccccc54)ccc3-n3c4ccc(-c5ccccc5)cc4c4cc(-c5ccccc5)ccc43)nc(C3(C)CC4CC(C)CC(C4)C3)n2)CC2CC(C)CC(C2)C1. The summed E-state index contributed by atoms with van der Waals surface area (Å²) in [7, 11) is 0. The maximum Gasteiger partial charge on any atom is 0.165 e. The van der Waals surface area contributed by atoms with Crippen molar-refractivity contribution < 1.29 is 0 Å². The summed E-state index contributed by atoms with van der Waals surface area (Å²) in [5, 5.41) is 4.96. The topological polar surface area (TPSA) is 48.5 Å². The number of nitrogens with zero attached hydrogens (tertiary/aromatic N) is 5.